The van der Waals surface area contributed by atoms with Crippen molar-refractivity contribution < 1.29 is 9.59 Å². The summed E-state index contributed by atoms with van der Waals surface area (Å²) in [4.78, 5) is 26.9. The minimum atomic E-state index is -0.185. The average molecular weight is 297 g/mol. The van der Waals surface area contributed by atoms with E-state index in [4.69, 9.17) is 0 Å². The third-order valence-electron chi connectivity index (χ3n) is 2.89. The van der Waals surface area contributed by atoms with Gasteiger partial charge in [0.25, 0.3) is 5.91 Å². The standard InChI is InChI=1S/C14H23N3O2S/c1-4-5-6-7-8-10(2)15-13(19)12-9-20-14(17-12)16-11(3)18/h9-10H,4-8H2,1-3H3,(H,15,19)(H,16,17,18). The summed E-state index contributed by atoms with van der Waals surface area (Å²) in [6.07, 6.45) is 5.77. The SMILES string of the molecule is CCCCCCC(C)NC(=O)c1csc(NC(C)=O)n1. The maximum atomic E-state index is 12.0. The lowest BCUT2D eigenvalue weighted by Gasteiger charge is -2.12. The van der Waals surface area contributed by atoms with Crippen LogP contribution in [0.1, 0.15) is 63.4 Å². The molecule has 0 saturated carbocycles. The van der Waals surface area contributed by atoms with Crippen LogP contribution in [0.2, 0.25) is 0 Å². The number of anilines is 1. The molecule has 0 aliphatic rings. The summed E-state index contributed by atoms with van der Waals surface area (Å²) >= 11 is 1.25. The van der Waals surface area contributed by atoms with Crippen molar-refractivity contribution in [3.63, 3.8) is 0 Å². The van der Waals surface area contributed by atoms with E-state index in [1.807, 2.05) is 6.92 Å². The molecule has 1 heterocycles. The summed E-state index contributed by atoms with van der Waals surface area (Å²) in [6, 6.07) is 0.144. The molecule has 1 atom stereocenters. The molecule has 0 fully saturated rings. The molecule has 5 nitrogen and oxygen atoms in total. The maximum Gasteiger partial charge on any atom is 0.271 e. The normalized spacial score (nSPS) is 11.9. The molecule has 6 heteroatoms. The molecule has 0 radical (unpaired) electrons. The summed E-state index contributed by atoms with van der Waals surface area (Å²) in [5, 5.41) is 7.62. The van der Waals surface area contributed by atoms with Gasteiger partial charge in [-0.3, -0.25) is 9.59 Å². The van der Waals surface area contributed by atoms with E-state index in [0.717, 1.165) is 12.8 Å². The van der Waals surface area contributed by atoms with Crippen LogP contribution < -0.4 is 10.6 Å². The van der Waals surface area contributed by atoms with Crippen molar-refractivity contribution >= 4 is 28.3 Å². The number of hydrogen-bond donors (Lipinski definition) is 2. The second-order valence-electron chi connectivity index (χ2n) is 4.94. The van der Waals surface area contributed by atoms with Crippen LogP contribution in [0.4, 0.5) is 5.13 Å². The number of hydrogen-bond acceptors (Lipinski definition) is 4. The third kappa shape index (κ3) is 6.14. The number of nitrogens with zero attached hydrogens (tertiary/aromatic N) is 1. The molecule has 0 spiro atoms. The topological polar surface area (TPSA) is 71.1 Å². The highest BCUT2D eigenvalue weighted by atomic mass is 32.1. The fourth-order valence-electron chi connectivity index (χ4n) is 1.83. The van der Waals surface area contributed by atoms with E-state index in [0.29, 0.717) is 10.8 Å². The molecule has 0 aromatic carbocycles. The van der Waals surface area contributed by atoms with E-state index in [2.05, 4.69) is 22.5 Å². The van der Waals surface area contributed by atoms with Crippen molar-refractivity contribution in [2.45, 2.75) is 58.9 Å². The number of unbranched alkanes of at least 4 members (excludes halogenated alkanes) is 3. The Bertz CT molecular complexity index is 445. The molecular formula is C14H23N3O2S. The smallest absolute Gasteiger partial charge is 0.271 e. The van der Waals surface area contributed by atoms with E-state index in [9.17, 15) is 9.59 Å². The highest BCUT2D eigenvalue weighted by molar-refractivity contribution is 7.14. The molecular weight excluding hydrogens is 274 g/mol. The Balaban J connectivity index is 2.37. The van der Waals surface area contributed by atoms with Crippen molar-refractivity contribution in [1.82, 2.24) is 10.3 Å². The first kappa shape index (κ1) is 16.6. The van der Waals surface area contributed by atoms with E-state index in [1.54, 1.807) is 5.38 Å². The number of amides is 2. The minimum absolute atomic E-state index is 0.144. The van der Waals surface area contributed by atoms with Gasteiger partial charge in [0.05, 0.1) is 0 Å². The van der Waals surface area contributed by atoms with Gasteiger partial charge < -0.3 is 10.6 Å². The number of carbonyl (C=O) groups is 2. The molecule has 2 amide bonds. The Labute approximate surface area is 124 Å². The van der Waals surface area contributed by atoms with E-state index in [1.165, 1.54) is 37.5 Å². The third-order valence-corrected chi connectivity index (χ3v) is 3.65. The Hall–Kier alpha value is -1.43. The monoisotopic (exact) mass is 297 g/mol. The zero-order valence-corrected chi connectivity index (χ0v) is 13.2. The van der Waals surface area contributed by atoms with Crippen LogP contribution >= 0.6 is 11.3 Å². The number of nitrogens with one attached hydrogen (secondary N) is 2. The first-order valence-electron chi connectivity index (χ1n) is 7.07. The highest BCUT2D eigenvalue weighted by Gasteiger charge is 2.13. The zero-order chi connectivity index (χ0) is 15.0. The summed E-state index contributed by atoms with van der Waals surface area (Å²) < 4.78 is 0. The summed E-state index contributed by atoms with van der Waals surface area (Å²) in [5.74, 6) is -0.364. The molecule has 0 bridgehead atoms. The van der Waals surface area contributed by atoms with Crippen molar-refractivity contribution in [1.29, 1.82) is 0 Å². The van der Waals surface area contributed by atoms with Gasteiger partial charge in [-0.05, 0) is 13.3 Å². The molecule has 1 rings (SSSR count). The number of aromatic nitrogens is 1. The Morgan fingerprint density at radius 2 is 2.10 bits per heavy atom. The summed E-state index contributed by atoms with van der Waals surface area (Å²) in [7, 11) is 0. The zero-order valence-electron chi connectivity index (χ0n) is 12.4. The van der Waals surface area contributed by atoms with Crippen molar-refractivity contribution in [2.24, 2.45) is 0 Å². The van der Waals surface area contributed by atoms with Gasteiger partial charge >= 0.3 is 0 Å². The fourth-order valence-corrected chi connectivity index (χ4v) is 2.57. The van der Waals surface area contributed by atoms with Crippen molar-refractivity contribution in [2.75, 3.05) is 5.32 Å². The molecule has 20 heavy (non-hydrogen) atoms. The van der Waals surface area contributed by atoms with Crippen LogP contribution in [0.15, 0.2) is 5.38 Å². The van der Waals surface area contributed by atoms with Crippen molar-refractivity contribution in [3.8, 4) is 0 Å². The molecule has 0 aliphatic heterocycles. The largest absolute Gasteiger partial charge is 0.348 e. The predicted molar refractivity (Wildman–Crippen MR) is 82.1 cm³/mol. The predicted octanol–water partition coefficient (Wildman–Crippen LogP) is 3.19. The molecule has 1 aromatic heterocycles. The summed E-state index contributed by atoms with van der Waals surface area (Å²) in [6.45, 7) is 5.60. The van der Waals surface area contributed by atoms with Gasteiger partial charge in [0, 0.05) is 18.3 Å². The van der Waals surface area contributed by atoms with Gasteiger partial charge in [-0.2, -0.15) is 0 Å². The molecule has 0 aliphatic carbocycles. The van der Waals surface area contributed by atoms with E-state index >= 15 is 0 Å². The lowest BCUT2D eigenvalue weighted by Crippen LogP contribution is -2.32. The van der Waals surface area contributed by atoms with Gasteiger partial charge in [-0.1, -0.05) is 32.6 Å². The number of thiazole rings is 1. The van der Waals surface area contributed by atoms with E-state index in [-0.39, 0.29) is 17.9 Å². The quantitative estimate of drug-likeness (QED) is 0.724. The number of carbonyl (C=O) groups excluding carboxylic acids is 2. The van der Waals surface area contributed by atoms with Gasteiger partial charge in [0.1, 0.15) is 5.69 Å². The minimum Gasteiger partial charge on any atom is -0.348 e. The highest BCUT2D eigenvalue weighted by Crippen LogP contribution is 2.15. The molecule has 2 N–H and O–H groups in total. The molecule has 112 valence electrons. The van der Waals surface area contributed by atoms with Gasteiger partial charge in [-0.25, -0.2) is 4.98 Å². The molecule has 1 aromatic rings. The fraction of sp³-hybridized carbons (Fsp3) is 0.643. The Morgan fingerprint density at radius 3 is 2.75 bits per heavy atom. The van der Waals surface area contributed by atoms with Gasteiger partial charge in [0.2, 0.25) is 5.91 Å². The first-order valence-corrected chi connectivity index (χ1v) is 7.94. The molecule has 1 unspecified atom stereocenters. The van der Waals surface area contributed by atoms with Gasteiger partial charge in [0.15, 0.2) is 5.13 Å². The first-order chi connectivity index (χ1) is 9.52. The number of rotatable bonds is 8. The van der Waals surface area contributed by atoms with Crippen molar-refractivity contribution in [3.05, 3.63) is 11.1 Å². The second-order valence-corrected chi connectivity index (χ2v) is 5.80. The summed E-state index contributed by atoms with van der Waals surface area (Å²) in [5.41, 5.74) is 0.360. The van der Waals surface area contributed by atoms with Gasteiger partial charge in [-0.15, -0.1) is 11.3 Å². The average Bonchev–Trinajstić information content (AvgIpc) is 2.82. The van der Waals surface area contributed by atoms with Crippen LogP contribution in [0.25, 0.3) is 0 Å². The second kappa shape index (κ2) is 8.68. The van der Waals surface area contributed by atoms with E-state index < -0.39 is 0 Å². The lowest BCUT2D eigenvalue weighted by atomic mass is 10.1. The van der Waals surface area contributed by atoms with Crippen LogP contribution in [0.3, 0.4) is 0 Å². The lowest BCUT2D eigenvalue weighted by molar-refractivity contribution is -0.114. The van der Waals surface area contributed by atoms with Crippen LogP contribution in [-0.4, -0.2) is 22.8 Å². The molecule has 0 saturated heterocycles. The maximum absolute atomic E-state index is 12.0. The Kier molecular flexibility index (Phi) is 7.22. The van der Waals surface area contributed by atoms with Crippen LogP contribution in [0, 0.1) is 0 Å². The Morgan fingerprint density at radius 1 is 1.35 bits per heavy atom. The van der Waals surface area contributed by atoms with Crippen LogP contribution in [0.5, 0.6) is 0 Å². The van der Waals surface area contributed by atoms with Crippen LogP contribution in [-0.2, 0) is 4.79 Å².